The zero-order valence-electron chi connectivity index (χ0n) is 15.4. The van der Waals surface area contributed by atoms with Gasteiger partial charge in [-0.05, 0) is 56.7 Å². The number of amides is 1. The first-order chi connectivity index (χ1) is 13.1. The van der Waals surface area contributed by atoms with Crippen molar-refractivity contribution in [2.24, 2.45) is 0 Å². The van der Waals surface area contributed by atoms with E-state index < -0.39 is 0 Å². The maximum absolute atomic E-state index is 11.9. The lowest BCUT2D eigenvalue weighted by atomic mass is 10.2. The minimum absolute atomic E-state index is 0.193. The first kappa shape index (κ1) is 17.1. The second-order valence-corrected chi connectivity index (χ2v) is 6.64. The summed E-state index contributed by atoms with van der Waals surface area (Å²) in [6.45, 7) is 4.76. The number of benzene rings is 1. The van der Waals surface area contributed by atoms with E-state index in [9.17, 15) is 4.79 Å². The average Bonchev–Trinajstić information content (AvgIpc) is 3.12. The Morgan fingerprint density at radius 1 is 1.04 bits per heavy atom. The number of nitrogens with one attached hydrogen (secondary N) is 1. The van der Waals surface area contributed by atoms with Crippen molar-refractivity contribution in [3.63, 3.8) is 0 Å². The van der Waals surface area contributed by atoms with Crippen LogP contribution in [0.2, 0.25) is 0 Å². The molecule has 3 heterocycles. The highest BCUT2D eigenvalue weighted by Crippen LogP contribution is 2.26. The quantitative estimate of drug-likeness (QED) is 0.762. The fourth-order valence-corrected chi connectivity index (χ4v) is 3.14. The van der Waals surface area contributed by atoms with Crippen molar-refractivity contribution in [2.45, 2.75) is 26.7 Å². The van der Waals surface area contributed by atoms with Gasteiger partial charge in [0.25, 0.3) is 0 Å². The van der Waals surface area contributed by atoms with Gasteiger partial charge in [-0.3, -0.25) is 9.78 Å². The van der Waals surface area contributed by atoms with Crippen molar-refractivity contribution in [3.05, 3.63) is 59.9 Å². The van der Waals surface area contributed by atoms with Gasteiger partial charge in [0.15, 0.2) is 5.82 Å². The molecule has 0 spiro atoms. The van der Waals surface area contributed by atoms with Crippen molar-refractivity contribution in [1.29, 1.82) is 0 Å². The molecule has 1 aliphatic rings. The fraction of sp³-hybridized carbons (Fsp3) is 0.238. The Labute approximate surface area is 158 Å². The number of rotatable bonds is 4. The molecule has 1 amide bonds. The van der Waals surface area contributed by atoms with Crippen LogP contribution in [0.1, 0.15) is 24.1 Å². The maximum atomic E-state index is 11.9. The molecule has 136 valence electrons. The van der Waals surface area contributed by atoms with Crippen molar-refractivity contribution in [1.82, 2.24) is 15.0 Å². The fourth-order valence-electron chi connectivity index (χ4n) is 3.14. The third-order valence-corrected chi connectivity index (χ3v) is 4.80. The lowest BCUT2D eigenvalue weighted by Gasteiger charge is -2.17. The highest BCUT2D eigenvalue weighted by Gasteiger charge is 2.21. The van der Waals surface area contributed by atoms with Gasteiger partial charge < -0.3 is 10.2 Å². The molecule has 0 saturated carbocycles. The molecule has 0 atom stereocenters. The number of aromatic nitrogens is 3. The van der Waals surface area contributed by atoms with Gasteiger partial charge in [-0.1, -0.05) is 6.07 Å². The lowest BCUT2D eigenvalue weighted by molar-refractivity contribution is -0.117. The summed E-state index contributed by atoms with van der Waals surface area (Å²) in [5, 5.41) is 3.37. The Kier molecular flexibility index (Phi) is 4.54. The zero-order chi connectivity index (χ0) is 18.8. The van der Waals surface area contributed by atoms with Crippen molar-refractivity contribution in [2.75, 3.05) is 16.8 Å². The standard InChI is InChI=1S/C21H21N5O/c1-14-15(2)23-21(18-6-3-4-12-22-18)25-20(14)24-16-8-10-17(11-9-16)26-13-5-7-19(26)27/h3-4,6,8-12H,5,7,13H2,1-2H3,(H,23,24,25). The van der Waals surface area contributed by atoms with Crippen molar-refractivity contribution >= 4 is 23.1 Å². The molecule has 6 nitrogen and oxygen atoms in total. The molecule has 1 aliphatic heterocycles. The number of hydrogen-bond donors (Lipinski definition) is 1. The van der Waals surface area contributed by atoms with E-state index in [1.54, 1.807) is 6.20 Å². The van der Waals surface area contributed by atoms with Crippen LogP contribution in [0.25, 0.3) is 11.5 Å². The Bertz CT molecular complexity index is 970. The molecule has 3 aromatic rings. The Balaban J connectivity index is 1.60. The number of anilines is 3. The smallest absolute Gasteiger partial charge is 0.227 e. The zero-order valence-corrected chi connectivity index (χ0v) is 15.4. The van der Waals surface area contributed by atoms with Gasteiger partial charge in [0.2, 0.25) is 5.91 Å². The molecule has 1 N–H and O–H groups in total. The predicted octanol–water partition coefficient (Wildman–Crippen LogP) is 4.03. The van der Waals surface area contributed by atoms with Crippen LogP contribution in [-0.2, 0) is 4.79 Å². The molecule has 0 aliphatic carbocycles. The summed E-state index contributed by atoms with van der Waals surface area (Å²) in [7, 11) is 0. The third-order valence-electron chi connectivity index (χ3n) is 4.80. The molecule has 6 heteroatoms. The summed E-state index contributed by atoms with van der Waals surface area (Å²) < 4.78 is 0. The van der Waals surface area contributed by atoms with E-state index in [1.807, 2.05) is 61.2 Å². The summed E-state index contributed by atoms with van der Waals surface area (Å²) in [6, 6.07) is 13.6. The van der Waals surface area contributed by atoms with Crippen LogP contribution in [0.3, 0.4) is 0 Å². The van der Waals surface area contributed by atoms with Crippen LogP contribution in [0, 0.1) is 13.8 Å². The highest BCUT2D eigenvalue weighted by molar-refractivity contribution is 5.95. The van der Waals surface area contributed by atoms with Crippen LogP contribution < -0.4 is 10.2 Å². The number of pyridine rings is 1. The minimum atomic E-state index is 0.193. The van der Waals surface area contributed by atoms with Gasteiger partial charge in [0.1, 0.15) is 11.5 Å². The van der Waals surface area contributed by atoms with Crippen molar-refractivity contribution in [3.8, 4) is 11.5 Å². The number of nitrogens with zero attached hydrogens (tertiary/aromatic N) is 4. The summed E-state index contributed by atoms with van der Waals surface area (Å²) in [4.78, 5) is 27.3. The Morgan fingerprint density at radius 3 is 2.52 bits per heavy atom. The number of carbonyl (C=O) groups is 1. The second kappa shape index (κ2) is 7.15. The highest BCUT2D eigenvalue weighted by atomic mass is 16.2. The summed E-state index contributed by atoms with van der Waals surface area (Å²) in [5.74, 6) is 1.55. The molecule has 0 radical (unpaired) electrons. The van der Waals surface area contributed by atoms with Crippen LogP contribution >= 0.6 is 0 Å². The van der Waals surface area contributed by atoms with Crippen molar-refractivity contribution < 1.29 is 4.79 Å². The third kappa shape index (κ3) is 3.51. The summed E-state index contributed by atoms with van der Waals surface area (Å²) in [5.41, 5.74) is 4.50. The van der Waals surface area contributed by atoms with Gasteiger partial charge >= 0.3 is 0 Å². The van der Waals surface area contributed by atoms with Crippen LogP contribution in [-0.4, -0.2) is 27.4 Å². The van der Waals surface area contributed by atoms with Crippen LogP contribution in [0.15, 0.2) is 48.7 Å². The van der Waals surface area contributed by atoms with Crippen LogP contribution in [0.5, 0.6) is 0 Å². The van der Waals surface area contributed by atoms with Gasteiger partial charge in [-0.25, -0.2) is 9.97 Å². The molecular weight excluding hydrogens is 338 g/mol. The average molecular weight is 359 g/mol. The molecule has 1 fully saturated rings. The van der Waals surface area contributed by atoms with E-state index in [0.29, 0.717) is 12.2 Å². The second-order valence-electron chi connectivity index (χ2n) is 6.64. The van der Waals surface area contributed by atoms with E-state index in [1.165, 1.54) is 0 Å². The maximum Gasteiger partial charge on any atom is 0.227 e. The molecule has 27 heavy (non-hydrogen) atoms. The van der Waals surface area contributed by atoms with E-state index in [2.05, 4.69) is 20.3 Å². The first-order valence-corrected chi connectivity index (χ1v) is 9.06. The number of carbonyl (C=O) groups excluding carboxylic acids is 1. The lowest BCUT2D eigenvalue weighted by Crippen LogP contribution is -2.23. The number of hydrogen-bond acceptors (Lipinski definition) is 5. The molecule has 1 saturated heterocycles. The van der Waals surface area contributed by atoms with E-state index in [4.69, 9.17) is 0 Å². The van der Waals surface area contributed by atoms with Gasteiger partial charge in [0.05, 0.1) is 0 Å². The van der Waals surface area contributed by atoms with E-state index >= 15 is 0 Å². The molecule has 1 aromatic carbocycles. The largest absolute Gasteiger partial charge is 0.340 e. The topological polar surface area (TPSA) is 71.0 Å². The van der Waals surface area contributed by atoms with Gasteiger partial charge in [-0.15, -0.1) is 0 Å². The molecule has 4 rings (SSSR count). The monoisotopic (exact) mass is 359 g/mol. The Morgan fingerprint density at radius 2 is 1.85 bits per heavy atom. The van der Waals surface area contributed by atoms with Gasteiger partial charge in [0, 0.05) is 41.8 Å². The van der Waals surface area contributed by atoms with Crippen LogP contribution in [0.4, 0.5) is 17.2 Å². The minimum Gasteiger partial charge on any atom is -0.340 e. The predicted molar refractivity (Wildman–Crippen MR) is 106 cm³/mol. The van der Waals surface area contributed by atoms with E-state index in [-0.39, 0.29) is 5.91 Å². The molecular formula is C21H21N5O. The summed E-state index contributed by atoms with van der Waals surface area (Å²) in [6.07, 6.45) is 3.30. The Hall–Kier alpha value is -3.28. The normalized spacial score (nSPS) is 13.9. The first-order valence-electron chi connectivity index (χ1n) is 9.06. The van der Waals surface area contributed by atoms with E-state index in [0.717, 1.165) is 47.1 Å². The summed E-state index contributed by atoms with van der Waals surface area (Å²) >= 11 is 0. The SMILES string of the molecule is Cc1nc(-c2ccccn2)nc(Nc2ccc(N3CCCC3=O)cc2)c1C. The molecule has 0 bridgehead atoms. The number of aryl methyl sites for hydroxylation is 1. The molecule has 2 aromatic heterocycles. The molecule has 0 unspecified atom stereocenters. The van der Waals surface area contributed by atoms with Gasteiger partial charge in [-0.2, -0.15) is 0 Å².